The quantitative estimate of drug-likeness (QED) is 0.703. The van der Waals surface area contributed by atoms with Gasteiger partial charge in [0, 0.05) is 12.5 Å². The van der Waals surface area contributed by atoms with Gasteiger partial charge in [-0.15, -0.1) is 0 Å². The average molecular weight is 199 g/mol. The second kappa shape index (κ2) is 6.02. The van der Waals surface area contributed by atoms with Crippen molar-refractivity contribution in [3.8, 4) is 0 Å². The lowest BCUT2D eigenvalue weighted by atomic mass is 9.84. The molecular weight excluding hydrogens is 178 g/mol. The van der Waals surface area contributed by atoms with E-state index in [0.29, 0.717) is 25.0 Å². The molecule has 0 spiro atoms. The largest absolute Gasteiger partial charge is 0.466 e. The van der Waals surface area contributed by atoms with Crippen LogP contribution in [0.25, 0.3) is 0 Å². The van der Waals surface area contributed by atoms with Crippen molar-refractivity contribution in [1.82, 2.24) is 0 Å². The van der Waals surface area contributed by atoms with E-state index in [1.165, 1.54) is 12.8 Å². The van der Waals surface area contributed by atoms with Crippen LogP contribution in [0.4, 0.5) is 0 Å². The van der Waals surface area contributed by atoms with Crippen molar-refractivity contribution in [2.45, 2.75) is 51.5 Å². The zero-order valence-corrected chi connectivity index (χ0v) is 9.00. The minimum atomic E-state index is -0.0534. The first-order valence-corrected chi connectivity index (χ1v) is 5.63. The molecule has 2 N–H and O–H groups in total. The van der Waals surface area contributed by atoms with E-state index in [4.69, 9.17) is 10.5 Å². The Hall–Kier alpha value is -0.570. The van der Waals surface area contributed by atoms with Crippen LogP contribution >= 0.6 is 0 Å². The van der Waals surface area contributed by atoms with Crippen molar-refractivity contribution in [2.75, 3.05) is 6.61 Å². The molecular formula is C11H21NO2. The van der Waals surface area contributed by atoms with E-state index < -0.39 is 0 Å². The molecule has 0 aliphatic heterocycles. The number of carbonyl (C=O) groups is 1. The summed E-state index contributed by atoms with van der Waals surface area (Å²) >= 11 is 0. The summed E-state index contributed by atoms with van der Waals surface area (Å²) in [4.78, 5) is 11.1. The van der Waals surface area contributed by atoms with Crippen LogP contribution in [0.1, 0.15) is 45.4 Å². The summed E-state index contributed by atoms with van der Waals surface area (Å²) in [7, 11) is 0. The fourth-order valence-electron chi connectivity index (χ4n) is 2.03. The summed E-state index contributed by atoms with van der Waals surface area (Å²) in [5, 5.41) is 0. The molecule has 0 aromatic rings. The lowest BCUT2D eigenvalue weighted by Gasteiger charge is -2.25. The number of hydrogen-bond donors (Lipinski definition) is 1. The summed E-state index contributed by atoms with van der Waals surface area (Å²) in [6.45, 7) is 2.34. The maximum Gasteiger partial charge on any atom is 0.305 e. The Bertz CT molecular complexity index is 174. The van der Waals surface area contributed by atoms with E-state index in [9.17, 15) is 4.79 Å². The summed E-state index contributed by atoms with van der Waals surface area (Å²) in [5.41, 5.74) is 5.81. The van der Waals surface area contributed by atoms with Gasteiger partial charge >= 0.3 is 5.97 Å². The SMILES string of the molecule is CCOC(=O)CCC1CCC(N)CC1. The number of nitrogens with two attached hydrogens (primary N) is 1. The number of ether oxygens (including phenoxy) is 1. The van der Waals surface area contributed by atoms with Gasteiger partial charge in [0.05, 0.1) is 6.61 Å². The van der Waals surface area contributed by atoms with Crippen LogP contribution in [-0.4, -0.2) is 18.6 Å². The van der Waals surface area contributed by atoms with Crippen molar-refractivity contribution in [3.05, 3.63) is 0 Å². The van der Waals surface area contributed by atoms with E-state index >= 15 is 0 Å². The van der Waals surface area contributed by atoms with Gasteiger partial charge in [-0.2, -0.15) is 0 Å². The smallest absolute Gasteiger partial charge is 0.305 e. The molecule has 1 rings (SSSR count). The van der Waals surface area contributed by atoms with Gasteiger partial charge < -0.3 is 10.5 Å². The predicted molar refractivity (Wildman–Crippen MR) is 55.8 cm³/mol. The third kappa shape index (κ3) is 4.09. The van der Waals surface area contributed by atoms with Crippen LogP contribution in [0.15, 0.2) is 0 Å². The lowest BCUT2D eigenvalue weighted by Crippen LogP contribution is -2.26. The van der Waals surface area contributed by atoms with Crippen LogP contribution in [0.5, 0.6) is 0 Å². The van der Waals surface area contributed by atoms with Crippen molar-refractivity contribution in [2.24, 2.45) is 11.7 Å². The van der Waals surface area contributed by atoms with E-state index in [-0.39, 0.29) is 5.97 Å². The number of carbonyl (C=O) groups excluding carboxylic acids is 1. The molecule has 3 nitrogen and oxygen atoms in total. The highest BCUT2D eigenvalue weighted by atomic mass is 16.5. The van der Waals surface area contributed by atoms with Gasteiger partial charge in [-0.1, -0.05) is 0 Å². The fourth-order valence-corrected chi connectivity index (χ4v) is 2.03. The van der Waals surface area contributed by atoms with Gasteiger partial charge in [-0.25, -0.2) is 0 Å². The van der Waals surface area contributed by atoms with E-state index in [0.717, 1.165) is 19.3 Å². The molecule has 1 aliphatic rings. The summed E-state index contributed by atoms with van der Waals surface area (Å²) < 4.78 is 4.89. The van der Waals surface area contributed by atoms with Gasteiger partial charge in [0.1, 0.15) is 0 Å². The molecule has 3 heteroatoms. The van der Waals surface area contributed by atoms with Gasteiger partial charge in [0.15, 0.2) is 0 Å². The number of rotatable bonds is 4. The predicted octanol–water partition coefficient (Wildman–Crippen LogP) is 1.85. The standard InChI is InChI=1S/C11H21NO2/c1-2-14-11(13)8-5-9-3-6-10(12)7-4-9/h9-10H,2-8,12H2,1H3. The zero-order chi connectivity index (χ0) is 10.4. The molecule has 0 amide bonds. The molecule has 14 heavy (non-hydrogen) atoms. The summed E-state index contributed by atoms with van der Waals surface area (Å²) in [6.07, 6.45) is 6.15. The molecule has 0 aromatic heterocycles. The maximum atomic E-state index is 11.1. The Balaban J connectivity index is 2.09. The molecule has 0 radical (unpaired) electrons. The van der Waals surface area contributed by atoms with Crippen molar-refractivity contribution < 1.29 is 9.53 Å². The number of esters is 1. The third-order valence-corrected chi connectivity index (χ3v) is 2.95. The molecule has 0 aromatic carbocycles. The second-order valence-electron chi connectivity index (χ2n) is 4.12. The van der Waals surface area contributed by atoms with Crippen molar-refractivity contribution >= 4 is 5.97 Å². The molecule has 0 atom stereocenters. The first-order chi connectivity index (χ1) is 6.72. The average Bonchev–Trinajstić information content (AvgIpc) is 2.17. The van der Waals surface area contributed by atoms with Gasteiger partial charge in [0.2, 0.25) is 0 Å². The molecule has 1 fully saturated rings. The zero-order valence-electron chi connectivity index (χ0n) is 9.00. The topological polar surface area (TPSA) is 52.3 Å². The van der Waals surface area contributed by atoms with Crippen LogP contribution in [0, 0.1) is 5.92 Å². The van der Waals surface area contributed by atoms with E-state index in [1.807, 2.05) is 6.92 Å². The maximum absolute atomic E-state index is 11.1. The Morgan fingerprint density at radius 2 is 2.00 bits per heavy atom. The van der Waals surface area contributed by atoms with Gasteiger partial charge in [-0.3, -0.25) is 4.79 Å². The molecule has 1 saturated carbocycles. The minimum Gasteiger partial charge on any atom is -0.466 e. The van der Waals surface area contributed by atoms with Gasteiger partial charge in [0.25, 0.3) is 0 Å². The molecule has 0 heterocycles. The minimum absolute atomic E-state index is 0.0534. The van der Waals surface area contributed by atoms with E-state index in [2.05, 4.69) is 0 Å². The molecule has 0 unspecified atom stereocenters. The Morgan fingerprint density at radius 1 is 1.36 bits per heavy atom. The summed E-state index contributed by atoms with van der Waals surface area (Å²) in [6, 6.07) is 0.397. The van der Waals surface area contributed by atoms with Crippen molar-refractivity contribution in [3.63, 3.8) is 0 Å². The highest BCUT2D eigenvalue weighted by molar-refractivity contribution is 5.69. The normalized spacial score (nSPS) is 27.3. The Morgan fingerprint density at radius 3 is 2.57 bits per heavy atom. The fraction of sp³-hybridized carbons (Fsp3) is 0.909. The monoisotopic (exact) mass is 199 g/mol. The molecule has 1 aliphatic carbocycles. The van der Waals surface area contributed by atoms with Crippen LogP contribution in [-0.2, 0) is 9.53 Å². The molecule has 82 valence electrons. The van der Waals surface area contributed by atoms with Crippen LogP contribution < -0.4 is 5.73 Å². The van der Waals surface area contributed by atoms with Gasteiger partial charge in [-0.05, 0) is 44.9 Å². The van der Waals surface area contributed by atoms with Crippen LogP contribution in [0.3, 0.4) is 0 Å². The first-order valence-electron chi connectivity index (χ1n) is 5.63. The van der Waals surface area contributed by atoms with E-state index in [1.54, 1.807) is 0 Å². The van der Waals surface area contributed by atoms with Crippen LogP contribution in [0.2, 0.25) is 0 Å². The highest BCUT2D eigenvalue weighted by Gasteiger charge is 2.19. The first kappa shape index (κ1) is 11.5. The lowest BCUT2D eigenvalue weighted by molar-refractivity contribution is -0.143. The Kier molecular flexibility index (Phi) is 4.94. The molecule has 0 bridgehead atoms. The Labute approximate surface area is 86.0 Å². The third-order valence-electron chi connectivity index (χ3n) is 2.95. The number of hydrogen-bond acceptors (Lipinski definition) is 3. The highest BCUT2D eigenvalue weighted by Crippen LogP contribution is 2.26. The second-order valence-corrected chi connectivity index (χ2v) is 4.12. The summed E-state index contributed by atoms with van der Waals surface area (Å²) in [5.74, 6) is 0.640. The molecule has 0 saturated heterocycles. The van der Waals surface area contributed by atoms with Crippen molar-refractivity contribution in [1.29, 1.82) is 0 Å².